The quantitative estimate of drug-likeness (QED) is 0.829. The number of hydrogen-bond donors (Lipinski definition) is 1. The molecule has 0 radical (unpaired) electrons. The van der Waals surface area contributed by atoms with Crippen molar-refractivity contribution in [1.29, 1.82) is 0 Å². The summed E-state index contributed by atoms with van der Waals surface area (Å²) in [7, 11) is 0. The first-order chi connectivity index (χ1) is 9.17. The van der Waals surface area contributed by atoms with E-state index in [9.17, 15) is 5.11 Å². The number of thioether (sulfide) groups is 1. The van der Waals surface area contributed by atoms with E-state index in [1.165, 1.54) is 0 Å². The molecule has 0 saturated heterocycles. The van der Waals surface area contributed by atoms with Gasteiger partial charge >= 0.3 is 0 Å². The third kappa shape index (κ3) is 4.53. The fraction of sp³-hybridized carbons (Fsp3) is 0.385. The molecule has 1 aromatic carbocycles. The van der Waals surface area contributed by atoms with Gasteiger partial charge in [0.05, 0.1) is 18.3 Å². The number of nitrogens with zero attached hydrogens (tertiary/aromatic N) is 2. The molecular formula is C13H15ClN2O2S. The molecule has 0 bridgehead atoms. The predicted molar refractivity (Wildman–Crippen MR) is 75.3 cm³/mol. The van der Waals surface area contributed by atoms with E-state index in [2.05, 4.69) is 10.1 Å². The highest BCUT2D eigenvalue weighted by Gasteiger charge is 2.11. The maximum Gasteiger partial charge on any atom is 0.229 e. The van der Waals surface area contributed by atoms with Crippen molar-refractivity contribution in [3.63, 3.8) is 0 Å². The van der Waals surface area contributed by atoms with Gasteiger partial charge in [0.2, 0.25) is 5.89 Å². The molecule has 1 aromatic heterocycles. The van der Waals surface area contributed by atoms with Crippen LogP contribution in [0.15, 0.2) is 33.7 Å². The molecule has 2 aromatic rings. The van der Waals surface area contributed by atoms with Gasteiger partial charge < -0.3 is 9.63 Å². The van der Waals surface area contributed by atoms with Gasteiger partial charge in [-0.2, -0.15) is 4.98 Å². The van der Waals surface area contributed by atoms with Crippen LogP contribution in [0.4, 0.5) is 0 Å². The first-order valence-electron chi connectivity index (χ1n) is 6.05. The van der Waals surface area contributed by atoms with Crippen LogP contribution >= 0.6 is 23.4 Å². The highest BCUT2D eigenvalue weighted by molar-refractivity contribution is 7.98. The van der Waals surface area contributed by atoms with Crippen LogP contribution in [0.5, 0.6) is 0 Å². The van der Waals surface area contributed by atoms with E-state index in [-0.39, 0.29) is 0 Å². The number of aliphatic hydroxyl groups excluding tert-OH is 1. The third-order valence-electron chi connectivity index (χ3n) is 2.56. The molecule has 0 fully saturated rings. The highest BCUT2D eigenvalue weighted by Crippen LogP contribution is 2.24. The second-order valence-electron chi connectivity index (χ2n) is 4.12. The molecule has 0 aliphatic rings. The van der Waals surface area contributed by atoms with Gasteiger partial charge in [-0.3, -0.25) is 0 Å². The fourth-order valence-electron chi connectivity index (χ4n) is 1.48. The summed E-state index contributed by atoms with van der Waals surface area (Å²) in [5.74, 6) is 1.73. The van der Waals surface area contributed by atoms with Gasteiger partial charge in [-0.05, 0) is 24.6 Å². The molecule has 1 heterocycles. The smallest absolute Gasteiger partial charge is 0.229 e. The highest BCUT2D eigenvalue weighted by atomic mass is 35.5. The summed E-state index contributed by atoms with van der Waals surface area (Å²) in [4.78, 5) is 5.31. The number of benzene rings is 1. The zero-order valence-electron chi connectivity index (χ0n) is 10.5. The molecule has 0 spiro atoms. The Morgan fingerprint density at radius 2 is 2.32 bits per heavy atom. The van der Waals surface area contributed by atoms with Gasteiger partial charge in [0, 0.05) is 9.92 Å². The zero-order chi connectivity index (χ0) is 13.7. The first kappa shape index (κ1) is 14.4. The van der Waals surface area contributed by atoms with Crippen molar-refractivity contribution >= 4 is 23.4 Å². The van der Waals surface area contributed by atoms with Crippen molar-refractivity contribution < 1.29 is 9.63 Å². The van der Waals surface area contributed by atoms with Gasteiger partial charge in [0.15, 0.2) is 5.82 Å². The normalized spacial score (nSPS) is 12.6. The minimum Gasteiger partial charge on any atom is -0.393 e. The Morgan fingerprint density at radius 3 is 3.05 bits per heavy atom. The number of halogens is 1. The van der Waals surface area contributed by atoms with E-state index < -0.39 is 6.10 Å². The van der Waals surface area contributed by atoms with Crippen molar-refractivity contribution in [2.45, 2.75) is 36.5 Å². The summed E-state index contributed by atoms with van der Waals surface area (Å²) in [6.45, 7) is 1.91. The van der Waals surface area contributed by atoms with Crippen molar-refractivity contribution in [3.8, 4) is 0 Å². The third-order valence-corrected chi connectivity index (χ3v) is 3.78. The fourth-order valence-corrected chi connectivity index (χ4v) is 2.54. The average molecular weight is 299 g/mol. The predicted octanol–water partition coefficient (Wildman–Crippen LogP) is 3.33. The maximum absolute atomic E-state index is 9.51. The van der Waals surface area contributed by atoms with E-state index in [0.29, 0.717) is 35.3 Å². The molecule has 0 saturated carbocycles. The van der Waals surface area contributed by atoms with Gasteiger partial charge in [0.25, 0.3) is 0 Å². The van der Waals surface area contributed by atoms with E-state index in [1.54, 1.807) is 11.8 Å². The summed E-state index contributed by atoms with van der Waals surface area (Å²) in [5, 5.41) is 14.1. The lowest BCUT2D eigenvalue weighted by Gasteiger charge is -2.01. The Balaban J connectivity index is 1.90. The topological polar surface area (TPSA) is 59.2 Å². The second kappa shape index (κ2) is 6.93. The Hall–Kier alpha value is -1.04. The Labute approximate surface area is 121 Å². The lowest BCUT2D eigenvalue weighted by atomic mass is 10.2. The summed E-state index contributed by atoms with van der Waals surface area (Å²) >= 11 is 7.51. The molecule has 19 heavy (non-hydrogen) atoms. The molecule has 0 amide bonds. The monoisotopic (exact) mass is 298 g/mol. The standard InChI is InChI=1S/C13H15ClN2O2S/c1-2-10(17)7-13-15-12(16-18-13)8-19-11-5-3-4-9(14)6-11/h3-6,10,17H,2,7-8H2,1H3. The lowest BCUT2D eigenvalue weighted by Crippen LogP contribution is -2.08. The summed E-state index contributed by atoms with van der Waals surface area (Å²) in [5.41, 5.74) is 0. The molecule has 2 rings (SSSR count). The molecule has 0 aliphatic carbocycles. The van der Waals surface area contributed by atoms with E-state index >= 15 is 0 Å². The average Bonchev–Trinajstić information content (AvgIpc) is 2.84. The second-order valence-corrected chi connectivity index (χ2v) is 5.60. The van der Waals surface area contributed by atoms with Crippen molar-refractivity contribution in [2.24, 2.45) is 0 Å². The van der Waals surface area contributed by atoms with Crippen LogP contribution in [0.3, 0.4) is 0 Å². The van der Waals surface area contributed by atoms with Crippen LogP contribution in [0, 0.1) is 0 Å². The SMILES string of the molecule is CCC(O)Cc1nc(CSc2cccc(Cl)c2)no1. The van der Waals surface area contributed by atoms with Crippen molar-refractivity contribution in [1.82, 2.24) is 10.1 Å². The van der Waals surface area contributed by atoms with Gasteiger partial charge in [0.1, 0.15) is 0 Å². The van der Waals surface area contributed by atoms with Crippen molar-refractivity contribution in [3.05, 3.63) is 41.0 Å². The van der Waals surface area contributed by atoms with E-state index in [1.807, 2.05) is 31.2 Å². The molecule has 1 N–H and O–H groups in total. The van der Waals surface area contributed by atoms with Crippen LogP contribution in [-0.4, -0.2) is 21.4 Å². The number of hydrogen-bond acceptors (Lipinski definition) is 5. The first-order valence-corrected chi connectivity index (χ1v) is 7.41. The Kier molecular flexibility index (Phi) is 5.24. The Morgan fingerprint density at radius 1 is 1.47 bits per heavy atom. The zero-order valence-corrected chi connectivity index (χ0v) is 12.1. The van der Waals surface area contributed by atoms with Gasteiger partial charge in [-0.15, -0.1) is 11.8 Å². The number of aromatic nitrogens is 2. The molecule has 4 nitrogen and oxygen atoms in total. The minimum absolute atomic E-state index is 0.408. The summed E-state index contributed by atoms with van der Waals surface area (Å²) < 4.78 is 5.09. The number of aliphatic hydroxyl groups is 1. The molecule has 1 atom stereocenters. The lowest BCUT2D eigenvalue weighted by molar-refractivity contribution is 0.158. The molecular weight excluding hydrogens is 284 g/mol. The molecule has 6 heteroatoms. The molecule has 1 unspecified atom stereocenters. The van der Waals surface area contributed by atoms with E-state index in [4.69, 9.17) is 16.1 Å². The van der Waals surface area contributed by atoms with Crippen LogP contribution in [-0.2, 0) is 12.2 Å². The summed E-state index contributed by atoms with van der Waals surface area (Å²) in [6, 6.07) is 7.63. The number of rotatable bonds is 6. The molecule has 102 valence electrons. The van der Waals surface area contributed by atoms with Crippen LogP contribution in [0.1, 0.15) is 25.1 Å². The largest absolute Gasteiger partial charge is 0.393 e. The van der Waals surface area contributed by atoms with Crippen LogP contribution in [0.25, 0.3) is 0 Å². The van der Waals surface area contributed by atoms with Gasteiger partial charge in [-0.25, -0.2) is 0 Å². The van der Waals surface area contributed by atoms with Crippen molar-refractivity contribution in [2.75, 3.05) is 0 Å². The van der Waals surface area contributed by atoms with E-state index in [0.717, 1.165) is 4.90 Å². The van der Waals surface area contributed by atoms with Crippen LogP contribution in [0.2, 0.25) is 5.02 Å². The van der Waals surface area contributed by atoms with Crippen LogP contribution < -0.4 is 0 Å². The summed E-state index contributed by atoms with van der Waals surface area (Å²) in [6.07, 6.45) is 0.661. The van der Waals surface area contributed by atoms with Gasteiger partial charge in [-0.1, -0.05) is 29.7 Å². The maximum atomic E-state index is 9.51. The minimum atomic E-state index is -0.422. The Bertz CT molecular complexity index is 533. The molecule has 0 aliphatic heterocycles.